The normalized spacial score (nSPS) is 24.2. The van der Waals surface area contributed by atoms with Crippen molar-refractivity contribution in [1.29, 1.82) is 0 Å². The molecule has 2 amide bonds. The van der Waals surface area contributed by atoms with E-state index in [1.54, 1.807) is 24.3 Å². The molecule has 0 unspecified atom stereocenters. The van der Waals surface area contributed by atoms with Crippen molar-refractivity contribution < 1.29 is 9.59 Å². The maximum Gasteiger partial charge on any atom is 0.242 e. The van der Waals surface area contributed by atoms with Gasteiger partial charge in [0.25, 0.3) is 0 Å². The third-order valence-electron chi connectivity index (χ3n) is 3.71. The number of carbonyl (C=O) groups is 2. The molecule has 0 saturated carbocycles. The van der Waals surface area contributed by atoms with E-state index < -0.39 is 12.1 Å². The van der Waals surface area contributed by atoms with Crippen molar-refractivity contribution in [2.75, 3.05) is 0 Å². The molecule has 0 spiro atoms. The molecule has 2 saturated heterocycles. The van der Waals surface area contributed by atoms with Crippen molar-refractivity contribution in [3.63, 3.8) is 0 Å². The number of hydrazine groups is 2. The summed E-state index contributed by atoms with van der Waals surface area (Å²) in [6, 6.07) is 5.97. The number of hydrogen-bond acceptors (Lipinski definition) is 6. The number of amides is 2. The molecular formula is C12H12N6O4. The largest absolute Gasteiger partial charge is 0.273 e. The van der Waals surface area contributed by atoms with Gasteiger partial charge in [-0.15, -0.1) is 9.81 Å². The maximum atomic E-state index is 11.3. The Bertz CT molecular complexity index is 578. The second kappa shape index (κ2) is 5.39. The summed E-state index contributed by atoms with van der Waals surface area (Å²) >= 11 is 0. The first-order valence-corrected chi connectivity index (χ1v) is 6.56. The monoisotopic (exact) mass is 304 g/mol. The summed E-state index contributed by atoms with van der Waals surface area (Å²) < 4.78 is 0. The first-order chi connectivity index (χ1) is 10.6. The van der Waals surface area contributed by atoms with Crippen molar-refractivity contribution in [3.05, 3.63) is 45.2 Å². The Kier molecular flexibility index (Phi) is 3.41. The number of rotatable bonds is 4. The molecule has 2 atom stereocenters. The van der Waals surface area contributed by atoms with Gasteiger partial charge in [-0.3, -0.25) is 9.59 Å². The van der Waals surface area contributed by atoms with Crippen molar-refractivity contribution in [2.45, 2.75) is 24.9 Å². The molecule has 2 aliphatic rings. The van der Waals surface area contributed by atoms with Gasteiger partial charge in [-0.05, 0) is 11.1 Å². The van der Waals surface area contributed by atoms with Crippen LogP contribution in [0.1, 0.15) is 36.1 Å². The van der Waals surface area contributed by atoms with E-state index in [4.69, 9.17) is 0 Å². The highest BCUT2D eigenvalue weighted by Gasteiger charge is 2.34. The van der Waals surface area contributed by atoms with Gasteiger partial charge in [-0.25, -0.2) is 10.9 Å². The number of nitrogens with zero attached hydrogens (tertiary/aromatic N) is 4. The number of hydrogen-bond donors (Lipinski definition) is 2. The van der Waals surface area contributed by atoms with Gasteiger partial charge < -0.3 is 0 Å². The summed E-state index contributed by atoms with van der Waals surface area (Å²) in [4.78, 5) is 44.1. The third kappa shape index (κ3) is 2.34. The molecule has 1 aromatic rings. The summed E-state index contributed by atoms with van der Waals surface area (Å²) in [5, 5.41) is 7.47. The zero-order valence-electron chi connectivity index (χ0n) is 11.3. The van der Waals surface area contributed by atoms with Gasteiger partial charge in [-0.1, -0.05) is 24.3 Å². The van der Waals surface area contributed by atoms with Crippen LogP contribution in [0.5, 0.6) is 0 Å². The summed E-state index contributed by atoms with van der Waals surface area (Å²) in [6.07, 6.45) is 0.271. The van der Waals surface area contributed by atoms with Crippen molar-refractivity contribution in [3.8, 4) is 0 Å². The van der Waals surface area contributed by atoms with Gasteiger partial charge in [0.1, 0.15) is 12.1 Å². The summed E-state index contributed by atoms with van der Waals surface area (Å²) in [5.74, 6) is -0.564. The second-order valence-electron chi connectivity index (χ2n) is 5.03. The van der Waals surface area contributed by atoms with Crippen LogP contribution in [-0.4, -0.2) is 22.1 Å². The standard InChI is InChI=1S/C12H12N6O4/c19-11-5-9(17(13-11)15-21)7-1-2-8(4-3-7)10-6-12(20)14-18(10)16-22/h1-4,9-10H,5-6H2,(H,13,19)(H,14,20)/t9-,10-/m0/s1. The van der Waals surface area contributed by atoms with Gasteiger partial charge in [0, 0.05) is 0 Å². The van der Waals surface area contributed by atoms with Crippen molar-refractivity contribution >= 4 is 11.8 Å². The highest BCUT2D eigenvalue weighted by atomic mass is 16.3. The quantitative estimate of drug-likeness (QED) is 0.785. The van der Waals surface area contributed by atoms with E-state index in [1.807, 2.05) is 0 Å². The maximum absolute atomic E-state index is 11.3. The topological polar surface area (TPSA) is 124 Å². The predicted octanol–water partition coefficient (Wildman–Crippen LogP) is 0.605. The van der Waals surface area contributed by atoms with Crippen LogP contribution in [0.2, 0.25) is 0 Å². The van der Waals surface area contributed by atoms with E-state index in [0.717, 1.165) is 21.4 Å². The molecule has 2 heterocycles. The molecule has 1 aromatic carbocycles. The van der Waals surface area contributed by atoms with E-state index in [2.05, 4.69) is 21.4 Å². The second-order valence-corrected chi connectivity index (χ2v) is 5.03. The number of nitroso groups, excluding NO2 is 2. The smallest absolute Gasteiger partial charge is 0.242 e. The zero-order valence-corrected chi connectivity index (χ0v) is 11.3. The number of nitrogens with one attached hydrogen (secondary N) is 2. The lowest BCUT2D eigenvalue weighted by molar-refractivity contribution is -0.121. The first-order valence-electron chi connectivity index (χ1n) is 6.56. The van der Waals surface area contributed by atoms with Crippen molar-refractivity contribution in [2.24, 2.45) is 10.6 Å². The SMILES string of the molecule is O=NN1NC(=O)C[C@H]1c1ccc([C@@H]2CC(=O)NN2N=O)cc1. The average Bonchev–Trinajstić information content (AvgIpc) is 3.09. The Morgan fingerprint density at radius 1 is 0.818 bits per heavy atom. The Balaban J connectivity index is 1.81. The van der Waals surface area contributed by atoms with Gasteiger partial charge in [0.2, 0.25) is 11.8 Å². The number of carbonyl (C=O) groups excluding carboxylic acids is 2. The average molecular weight is 304 g/mol. The fourth-order valence-electron chi connectivity index (χ4n) is 2.64. The highest BCUT2D eigenvalue weighted by molar-refractivity contribution is 5.79. The fourth-order valence-corrected chi connectivity index (χ4v) is 2.64. The van der Waals surface area contributed by atoms with Crippen LogP contribution in [0.15, 0.2) is 34.8 Å². The van der Waals surface area contributed by atoms with Crippen LogP contribution in [0.25, 0.3) is 0 Å². The zero-order chi connectivity index (χ0) is 15.7. The predicted molar refractivity (Wildman–Crippen MR) is 72.7 cm³/mol. The molecule has 10 nitrogen and oxygen atoms in total. The van der Waals surface area contributed by atoms with Crippen LogP contribution < -0.4 is 10.9 Å². The third-order valence-corrected chi connectivity index (χ3v) is 3.71. The fraction of sp³-hybridized carbons (Fsp3) is 0.333. The summed E-state index contributed by atoms with van der Waals surface area (Å²) in [6.45, 7) is 0. The molecule has 0 radical (unpaired) electrons. The minimum absolute atomic E-state index is 0.135. The molecule has 114 valence electrons. The highest BCUT2D eigenvalue weighted by Crippen LogP contribution is 2.31. The van der Waals surface area contributed by atoms with E-state index >= 15 is 0 Å². The van der Waals surface area contributed by atoms with E-state index in [-0.39, 0.29) is 24.7 Å². The van der Waals surface area contributed by atoms with Crippen LogP contribution in [-0.2, 0) is 9.59 Å². The molecule has 2 N–H and O–H groups in total. The molecule has 2 aliphatic heterocycles. The molecular weight excluding hydrogens is 292 g/mol. The molecule has 3 rings (SSSR count). The molecule has 0 aliphatic carbocycles. The van der Waals surface area contributed by atoms with Crippen LogP contribution in [0, 0.1) is 9.81 Å². The molecule has 10 heteroatoms. The Hall–Kier alpha value is -3.04. The van der Waals surface area contributed by atoms with Crippen LogP contribution in [0.4, 0.5) is 0 Å². The molecule has 0 aromatic heterocycles. The van der Waals surface area contributed by atoms with E-state index in [0.29, 0.717) is 0 Å². The molecule has 0 bridgehead atoms. The van der Waals surface area contributed by atoms with Gasteiger partial charge >= 0.3 is 0 Å². The lowest BCUT2D eigenvalue weighted by Gasteiger charge is -2.19. The van der Waals surface area contributed by atoms with Crippen molar-refractivity contribution in [1.82, 2.24) is 21.1 Å². The minimum atomic E-state index is -0.470. The van der Waals surface area contributed by atoms with Crippen LogP contribution >= 0.6 is 0 Å². The van der Waals surface area contributed by atoms with Crippen LogP contribution in [0.3, 0.4) is 0 Å². The first kappa shape index (κ1) is 13.9. The lowest BCUT2D eigenvalue weighted by Crippen LogP contribution is -2.29. The Morgan fingerprint density at radius 2 is 1.18 bits per heavy atom. The Morgan fingerprint density at radius 3 is 1.50 bits per heavy atom. The summed E-state index contributed by atoms with van der Waals surface area (Å²) in [7, 11) is 0. The van der Waals surface area contributed by atoms with Gasteiger partial charge in [0.05, 0.1) is 23.4 Å². The summed E-state index contributed by atoms with van der Waals surface area (Å²) in [5.41, 5.74) is 6.13. The molecule has 2 fully saturated rings. The number of benzene rings is 1. The minimum Gasteiger partial charge on any atom is -0.273 e. The van der Waals surface area contributed by atoms with E-state index in [9.17, 15) is 19.4 Å². The molecule has 22 heavy (non-hydrogen) atoms. The van der Waals surface area contributed by atoms with Gasteiger partial charge in [0.15, 0.2) is 0 Å². The lowest BCUT2D eigenvalue weighted by atomic mass is 9.99. The Labute approximate surface area is 124 Å². The van der Waals surface area contributed by atoms with Gasteiger partial charge in [-0.2, -0.15) is 10.2 Å². The van der Waals surface area contributed by atoms with E-state index in [1.165, 1.54) is 0 Å².